The number of piperidine rings is 1. The van der Waals surface area contributed by atoms with Crippen molar-refractivity contribution in [3.8, 4) is 5.75 Å². The molecule has 0 spiro atoms. The first-order valence-corrected chi connectivity index (χ1v) is 11.7. The summed E-state index contributed by atoms with van der Waals surface area (Å²) in [6.07, 6.45) is 1.48. The van der Waals surface area contributed by atoms with E-state index in [1.54, 1.807) is 4.90 Å². The summed E-state index contributed by atoms with van der Waals surface area (Å²) < 4.78 is 34.6. The third-order valence-corrected chi connectivity index (χ3v) is 5.99. The van der Waals surface area contributed by atoms with Crippen LogP contribution in [0.5, 0.6) is 5.75 Å². The second-order valence-electron chi connectivity index (χ2n) is 9.02. The Morgan fingerprint density at radius 2 is 1.79 bits per heavy atom. The Morgan fingerprint density at radius 3 is 2.36 bits per heavy atom. The number of urea groups is 1. The summed E-state index contributed by atoms with van der Waals surface area (Å²) in [4.78, 5) is 16.9. The molecule has 1 aliphatic rings. The zero-order chi connectivity index (χ0) is 24.0. The summed E-state index contributed by atoms with van der Waals surface area (Å²) in [7, 11) is 2.02. The van der Waals surface area contributed by atoms with E-state index in [9.17, 15) is 13.6 Å². The monoisotopic (exact) mass is 479 g/mol. The molecule has 8 heteroatoms. The van der Waals surface area contributed by atoms with Crippen LogP contribution < -0.4 is 10.1 Å². The molecule has 1 aliphatic heterocycles. The number of carbonyl (C=O) groups excluding carboxylic acids is 1. The van der Waals surface area contributed by atoms with Crippen molar-refractivity contribution in [3.63, 3.8) is 0 Å². The topological polar surface area (TPSA) is 44.8 Å². The lowest BCUT2D eigenvalue weighted by atomic mass is 10.0. The van der Waals surface area contributed by atoms with Crippen LogP contribution in [0.4, 0.5) is 13.6 Å². The van der Waals surface area contributed by atoms with Gasteiger partial charge in [0, 0.05) is 23.2 Å². The molecule has 2 aromatic rings. The molecule has 0 atom stereocenters. The van der Waals surface area contributed by atoms with E-state index in [2.05, 4.69) is 24.1 Å². The minimum absolute atomic E-state index is 0.00939. The van der Waals surface area contributed by atoms with E-state index in [1.807, 2.05) is 31.3 Å². The lowest BCUT2D eigenvalue weighted by molar-refractivity contribution is 0.125. The van der Waals surface area contributed by atoms with Crippen molar-refractivity contribution in [1.29, 1.82) is 0 Å². The molecule has 5 nitrogen and oxygen atoms in total. The van der Waals surface area contributed by atoms with Crippen LogP contribution >= 0.6 is 11.6 Å². The summed E-state index contributed by atoms with van der Waals surface area (Å²) in [6.45, 7) is 6.59. The lowest BCUT2D eigenvalue weighted by Crippen LogP contribution is -2.49. The molecule has 2 amide bonds. The van der Waals surface area contributed by atoms with Gasteiger partial charge in [0.15, 0.2) is 0 Å². The van der Waals surface area contributed by atoms with Gasteiger partial charge in [-0.25, -0.2) is 13.6 Å². The molecule has 0 radical (unpaired) electrons. The maximum atomic E-state index is 14.5. The smallest absolute Gasteiger partial charge is 0.318 e. The molecule has 33 heavy (non-hydrogen) atoms. The maximum Gasteiger partial charge on any atom is 0.318 e. The number of benzene rings is 2. The fourth-order valence-electron chi connectivity index (χ4n) is 3.81. The van der Waals surface area contributed by atoms with E-state index in [0.717, 1.165) is 49.4 Å². The third kappa shape index (κ3) is 7.30. The Balaban J connectivity index is 1.69. The molecule has 0 aromatic heterocycles. The number of hydrogen-bond donors (Lipinski definition) is 1. The number of amides is 2. The Hall–Kier alpha value is -2.38. The number of nitrogens with one attached hydrogen (secondary N) is 1. The Bertz CT molecular complexity index is 909. The van der Waals surface area contributed by atoms with Crippen LogP contribution in [0.3, 0.4) is 0 Å². The minimum atomic E-state index is -0.747. The first kappa shape index (κ1) is 25.2. The van der Waals surface area contributed by atoms with Crippen molar-refractivity contribution < 1.29 is 18.3 Å². The van der Waals surface area contributed by atoms with Gasteiger partial charge in [0.05, 0.1) is 13.2 Å². The highest BCUT2D eigenvalue weighted by atomic mass is 35.5. The second-order valence-corrected chi connectivity index (χ2v) is 9.45. The Labute approximate surface area is 199 Å². The largest absolute Gasteiger partial charge is 0.493 e. The number of likely N-dealkylation sites (tertiary alicyclic amines) is 1. The SMILES string of the molecule is CC(C)COc1ccc(CNC(=O)N(Cc2c(F)cc(Cl)cc2F)C2CCN(C)CC2)cc1. The third-order valence-electron chi connectivity index (χ3n) is 5.77. The predicted octanol–water partition coefficient (Wildman–Crippen LogP) is 5.46. The van der Waals surface area contributed by atoms with Gasteiger partial charge in [-0.2, -0.15) is 0 Å². The first-order chi connectivity index (χ1) is 15.7. The van der Waals surface area contributed by atoms with Gasteiger partial charge in [0.1, 0.15) is 17.4 Å². The molecule has 1 saturated heterocycles. The molecule has 180 valence electrons. The zero-order valence-electron chi connectivity index (χ0n) is 19.4. The predicted molar refractivity (Wildman–Crippen MR) is 126 cm³/mol. The zero-order valence-corrected chi connectivity index (χ0v) is 20.2. The highest BCUT2D eigenvalue weighted by molar-refractivity contribution is 6.30. The van der Waals surface area contributed by atoms with Gasteiger partial charge in [-0.3, -0.25) is 0 Å². The normalized spacial score (nSPS) is 15.0. The van der Waals surface area contributed by atoms with Gasteiger partial charge in [-0.05, 0) is 68.7 Å². The molecule has 3 rings (SSSR count). The highest BCUT2D eigenvalue weighted by Crippen LogP contribution is 2.24. The van der Waals surface area contributed by atoms with Gasteiger partial charge in [0.25, 0.3) is 0 Å². The molecule has 2 aromatic carbocycles. The van der Waals surface area contributed by atoms with Gasteiger partial charge >= 0.3 is 6.03 Å². The molecule has 0 saturated carbocycles. The van der Waals surface area contributed by atoms with Crippen LogP contribution in [0.2, 0.25) is 5.02 Å². The summed E-state index contributed by atoms with van der Waals surface area (Å²) in [5.74, 6) is -0.282. The van der Waals surface area contributed by atoms with E-state index in [1.165, 1.54) is 0 Å². The summed E-state index contributed by atoms with van der Waals surface area (Å²) in [5, 5.41) is 2.90. The number of ether oxygens (including phenoxy) is 1. The van der Waals surface area contributed by atoms with Crippen LogP contribution in [0.15, 0.2) is 36.4 Å². The average Bonchev–Trinajstić information content (AvgIpc) is 2.77. The highest BCUT2D eigenvalue weighted by Gasteiger charge is 2.29. The molecule has 1 N–H and O–H groups in total. The number of halogens is 3. The molecule has 0 aliphatic carbocycles. The van der Waals surface area contributed by atoms with Crippen LogP contribution in [0.25, 0.3) is 0 Å². The van der Waals surface area contributed by atoms with Crippen molar-refractivity contribution in [2.75, 3.05) is 26.7 Å². The number of rotatable bonds is 8. The number of carbonyl (C=O) groups is 1. The van der Waals surface area contributed by atoms with Crippen LogP contribution in [-0.2, 0) is 13.1 Å². The van der Waals surface area contributed by atoms with Crippen molar-refractivity contribution in [1.82, 2.24) is 15.1 Å². The molecule has 1 heterocycles. The van der Waals surface area contributed by atoms with Crippen LogP contribution in [-0.4, -0.2) is 48.6 Å². The van der Waals surface area contributed by atoms with Gasteiger partial charge < -0.3 is 19.9 Å². The van der Waals surface area contributed by atoms with E-state index in [4.69, 9.17) is 16.3 Å². The molecular weight excluding hydrogens is 448 g/mol. The van der Waals surface area contributed by atoms with Crippen molar-refractivity contribution >= 4 is 17.6 Å². The van der Waals surface area contributed by atoms with Crippen molar-refractivity contribution in [2.45, 2.75) is 45.8 Å². The van der Waals surface area contributed by atoms with E-state index < -0.39 is 11.6 Å². The van der Waals surface area contributed by atoms with E-state index >= 15 is 0 Å². The average molecular weight is 480 g/mol. The summed E-state index contributed by atoms with van der Waals surface area (Å²) >= 11 is 5.76. The standard InChI is InChI=1S/C25H32ClF2N3O2/c1-17(2)16-33-21-6-4-18(5-7-21)14-29-25(32)31(20-8-10-30(3)11-9-20)15-22-23(27)12-19(26)13-24(22)28/h4-7,12-13,17,20H,8-11,14-16H2,1-3H3,(H,29,32). The quantitative estimate of drug-likeness (QED) is 0.547. The van der Waals surface area contributed by atoms with Gasteiger partial charge in [-0.15, -0.1) is 0 Å². The van der Waals surface area contributed by atoms with E-state index in [0.29, 0.717) is 19.1 Å². The van der Waals surface area contributed by atoms with E-state index in [-0.39, 0.29) is 29.2 Å². The summed E-state index contributed by atoms with van der Waals surface area (Å²) in [5.41, 5.74) is 0.757. The fraction of sp³-hybridized carbons (Fsp3) is 0.480. The molecule has 1 fully saturated rings. The van der Waals surface area contributed by atoms with Gasteiger partial charge in [0.2, 0.25) is 0 Å². The number of hydrogen-bond acceptors (Lipinski definition) is 3. The Morgan fingerprint density at radius 1 is 1.18 bits per heavy atom. The Kier molecular flexibility index (Phi) is 8.92. The van der Waals surface area contributed by atoms with Crippen LogP contribution in [0.1, 0.15) is 37.8 Å². The molecule has 0 unspecified atom stereocenters. The summed E-state index contributed by atoms with van der Waals surface area (Å²) in [6, 6.07) is 9.24. The van der Waals surface area contributed by atoms with Crippen molar-refractivity contribution in [2.24, 2.45) is 5.92 Å². The second kappa shape index (κ2) is 11.7. The lowest BCUT2D eigenvalue weighted by Gasteiger charge is -2.37. The number of nitrogens with zero attached hydrogens (tertiary/aromatic N) is 2. The van der Waals surface area contributed by atoms with Crippen molar-refractivity contribution in [3.05, 3.63) is 64.2 Å². The molecule has 0 bridgehead atoms. The van der Waals surface area contributed by atoms with Gasteiger partial charge in [-0.1, -0.05) is 37.6 Å². The fourth-order valence-corrected chi connectivity index (χ4v) is 4.00. The first-order valence-electron chi connectivity index (χ1n) is 11.3. The van der Waals surface area contributed by atoms with Crippen LogP contribution in [0, 0.1) is 17.6 Å². The molecular formula is C25H32ClF2N3O2. The maximum absolute atomic E-state index is 14.5. The minimum Gasteiger partial charge on any atom is -0.493 e.